The van der Waals surface area contributed by atoms with Crippen molar-refractivity contribution in [3.63, 3.8) is 0 Å². The monoisotopic (exact) mass is 418 g/mol. The first-order chi connectivity index (χ1) is 14.7. The lowest BCUT2D eigenvalue weighted by molar-refractivity contribution is -0.121. The minimum absolute atomic E-state index is 0.00523. The number of nitrogens with zero attached hydrogens (tertiary/aromatic N) is 3. The molecule has 0 unspecified atom stereocenters. The van der Waals surface area contributed by atoms with E-state index in [4.69, 9.17) is 14.2 Å². The number of piperidine rings is 1. The Kier molecular flexibility index (Phi) is 8.77. The first-order valence-electron chi connectivity index (χ1n) is 10.8. The zero-order chi connectivity index (χ0) is 21.2. The Bertz CT molecular complexity index is 704. The second-order valence-corrected chi connectivity index (χ2v) is 7.53. The predicted molar refractivity (Wildman–Crippen MR) is 117 cm³/mol. The Labute approximate surface area is 179 Å². The average Bonchev–Trinajstić information content (AvgIpc) is 2.78. The molecule has 8 nitrogen and oxygen atoms in total. The minimum atomic E-state index is 0.00523. The SMILES string of the molecule is CN=C(NCCCN1C(=O)COc2ccccc21)N1CCC(OCCCOC)CC1. The lowest BCUT2D eigenvalue weighted by atomic mass is 10.1. The summed E-state index contributed by atoms with van der Waals surface area (Å²) >= 11 is 0. The van der Waals surface area contributed by atoms with Crippen molar-refractivity contribution in [3.05, 3.63) is 24.3 Å². The fourth-order valence-corrected chi connectivity index (χ4v) is 3.86. The molecule has 3 rings (SSSR count). The van der Waals surface area contributed by atoms with E-state index in [1.807, 2.05) is 36.2 Å². The second kappa shape index (κ2) is 11.8. The van der Waals surface area contributed by atoms with Crippen LogP contribution in [0.2, 0.25) is 0 Å². The number of fused-ring (bicyclic) bond motifs is 1. The molecule has 2 aliphatic heterocycles. The molecule has 0 aromatic heterocycles. The van der Waals surface area contributed by atoms with E-state index in [0.29, 0.717) is 12.6 Å². The van der Waals surface area contributed by atoms with Crippen LogP contribution in [0.25, 0.3) is 0 Å². The van der Waals surface area contributed by atoms with Gasteiger partial charge in [0, 0.05) is 53.6 Å². The summed E-state index contributed by atoms with van der Waals surface area (Å²) in [4.78, 5) is 20.8. The fraction of sp³-hybridized carbons (Fsp3) is 0.636. The van der Waals surface area contributed by atoms with Gasteiger partial charge in [-0.15, -0.1) is 0 Å². The highest BCUT2D eigenvalue weighted by Gasteiger charge is 2.25. The van der Waals surface area contributed by atoms with Crippen LogP contribution in [-0.4, -0.2) is 83.0 Å². The van der Waals surface area contributed by atoms with Crippen molar-refractivity contribution in [3.8, 4) is 5.75 Å². The number of aliphatic imine (C=N–C) groups is 1. The Hall–Kier alpha value is -2.32. The number of guanidine groups is 1. The van der Waals surface area contributed by atoms with Crippen LogP contribution in [0.1, 0.15) is 25.7 Å². The lowest BCUT2D eigenvalue weighted by Crippen LogP contribution is -2.47. The van der Waals surface area contributed by atoms with Gasteiger partial charge in [-0.05, 0) is 37.8 Å². The van der Waals surface area contributed by atoms with Crippen LogP contribution in [0, 0.1) is 0 Å². The molecule has 2 heterocycles. The molecule has 0 saturated carbocycles. The molecule has 0 atom stereocenters. The number of nitrogens with one attached hydrogen (secondary N) is 1. The normalized spacial score (nSPS) is 17.7. The quantitative estimate of drug-likeness (QED) is 0.375. The third kappa shape index (κ3) is 6.09. The molecule has 0 spiro atoms. The minimum Gasteiger partial charge on any atom is -0.482 e. The molecule has 1 fully saturated rings. The lowest BCUT2D eigenvalue weighted by Gasteiger charge is -2.34. The van der Waals surface area contributed by atoms with Crippen molar-refractivity contribution in [2.24, 2.45) is 4.99 Å². The molecule has 1 saturated heterocycles. The predicted octanol–water partition coefficient (Wildman–Crippen LogP) is 1.89. The van der Waals surface area contributed by atoms with Gasteiger partial charge in [0.2, 0.25) is 0 Å². The van der Waals surface area contributed by atoms with Gasteiger partial charge < -0.3 is 29.3 Å². The van der Waals surface area contributed by atoms with Gasteiger partial charge in [-0.2, -0.15) is 0 Å². The Balaban J connectivity index is 1.38. The van der Waals surface area contributed by atoms with Crippen LogP contribution in [0.3, 0.4) is 0 Å². The number of hydrogen-bond acceptors (Lipinski definition) is 5. The van der Waals surface area contributed by atoms with Gasteiger partial charge in [-0.25, -0.2) is 0 Å². The van der Waals surface area contributed by atoms with Gasteiger partial charge in [-0.3, -0.25) is 9.79 Å². The molecule has 0 radical (unpaired) electrons. The van der Waals surface area contributed by atoms with Gasteiger partial charge in [0.1, 0.15) is 5.75 Å². The van der Waals surface area contributed by atoms with E-state index in [-0.39, 0.29) is 12.5 Å². The molecule has 1 amide bonds. The molecule has 0 aliphatic carbocycles. The van der Waals surface area contributed by atoms with Gasteiger partial charge in [0.15, 0.2) is 12.6 Å². The van der Waals surface area contributed by atoms with Crippen LogP contribution in [0.4, 0.5) is 5.69 Å². The zero-order valence-electron chi connectivity index (χ0n) is 18.1. The number of ether oxygens (including phenoxy) is 3. The number of likely N-dealkylation sites (tertiary alicyclic amines) is 1. The molecule has 8 heteroatoms. The fourth-order valence-electron chi connectivity index (χ4n) is 3.86. The highest BCUT2D eigenvalue weighted by Crippen LogP contribution is 2.31. The van der Waals surface area contributed by atoms with Gasteiger partial charge in [0.25, 0.3) is 5.91 Å². The van der Waals surface area contributed by atoms with Gasteiger partial charge in [0.05, 0.1) is 11.8 Å². The van der Waals surface area contributed by atoms with E-state index in [0.717, 1.165) is 75.9 Å². The summed E-state index contributed by atoms with van der Waals surface area (Å²) in [7, 11) is 3.53. The maximum Gasteiger partial charge on any atom is 0.265 e. The number of methoxy groups -OCH3 is 1. The summed E-state index contributed by atoms with van der Waals surface area (Å²) in [5, 5.41) is 3.44. The van der Waals surface area contributed by atoms with Crippen molar-refractivity contribution < 1.29 is 19.0 Å². The number of amides is 1. The first-order valence-corrected chi connectivity index (χ1v) is 10.8. The smallest absolute Gasteiger partial charge is 0.265 e. The summed E-state index contributed by atoms with van der Waals surface area (Å²) < 4.78 is 16.5. The summed E-state index contributed by atoms with van der Waals surface area (Å²) in [6, 6.07) is 7.69. The molecular formula is C22H34N4O4. The van der Waals surface area contributed by atoms with Crippen LogP contribution >= 0.6 is 0 Å². The van der Waals surface area contributed by atoms with Crippen LogP contribution < -0.4 is 15.0 Å². The average molecular weight is 419 g/mol. The van der Waals surface area contributed by atoms with Crippen molar-refractivity contribution in [1.82, 2.24) is 10.2 Å². The van der Waals surface area contributed by atoms with E-state index < -0.39 is 0 Å². The number of benzene rings is 1. The van der Waals surface area contributed by atoms with E-state index in [1.165, 1.54) is 0 Å². The van der Waals surface area contributed by atoms with Crippen LogP contribution in [-0.2, 0) is 14.3 Å². The van der Waals surface area contributed by atoms with Crippen molar-refractivity contribution >= 4 is 17.6 Å². The number of para-hydroxylation sites is 2. The van der Waals surface area contributed by atoms with Gasteiger partial charge >= 0.3 is 0 Å². The molecule has 2 aliphatic rings. The summed E-state index contributed by atoms with van der Waals surface area (Å²) in [5.41, 5.74) is 0.853. The zero-order valence-corrected chi connectivity index (χ0v) is 18.1. The summed E-state index contributed by atoms with van der Waals surface area (Å²) in [6.45, 7) is 4.89. The first kappa shape index (κ1) is 22.4. The Morgan fingerprint density at radius 1 is 1.23 bits per heavy atom. The standard InChI is InChI=1S/C22H34N4O4/c1-23-22(25-13-9-18(10-14-25)29-16-6-15-28-2)24-11-5-12-26-19-7-3-4-8-20(19)30-17-21(26)27/h3-4,7-8,18H,5-6,9-17H2,1-2H3,(H,23,24). The van der Waals surface area contributed by atoms with Crippen molar-refractivity contribution in [2.75, 3.05) is 65.1 Å². The molecule has 1 aromatic carbocycles. The van der Waals surface area contributed by atoms with Crippen molar-refractivity contribution in [1.29, 1.82) is 0 Å². The number of carbonyl (C=O) groups excluding carboxylic acids is 1. The van der Waals surface area contributed by atoms with E-state index in [2.05, 4.69) is 15.2 Å². The van der Waals surface area contributed by atoms with Gasteiger partial charge in [-0.1, -0.05) is 12.1 Å². The second-order valence-electron chi connectivity index (χ2n) is 7.53. The Morgan fingerprint density at radius 2 is 2.03 bits per heavy atom. The topological polar surface area (TPSA) is 75.6 Å². The molecule has 166 valence electrons. The van der Waals surface area contributed by atoms with E-state index in [9.17, 15) is 4.79 Å². The molecule has 30 heavy (non-hydrogen) atoms. The van der Waals surface area contributed by atoms with E-state index in [1.54, 1.807) is 7.11 Å². The Morgan fingerprint density at radius 3 is 2.80 bits per heavy atom. The maximum atomic E-state index is 12.3. The van der Waals surface area contributed by atoms with Crippen LogP contribution in [0.5, 0.6) is 5.75 Å². The maximum absolute atomic E-state index is 12.3. The number of hydrogen-bond donors (Lipinski definition) is 1. The third-order valence-corrected chi connectivity index (χ3v) is 5.45. The number of anilines is 1. The molecule has 0 bridgehead atoms. The molecule has 1 N–H and O–H groups in total. The third-order valence-electron chi connectivity index (χ3n) is 5.45. The summed E-state index contributed by atoms with van der Waals surface area (Å²) in [5.74, 6) is 1.69. The number of carbonyl (C=O) groups is 1. The number of rotatable bonds is 9. The molecule has 1 aromatic rings. The highest BCUT2D eigenvalue weighted by atomic mass is 16.5. The highest BCUT2D eigenvalue weighted by molar-refractivity contribution is 5.97. The molecular weight excluding hydrogens is 384 g/mol. The summed E-state index contributed by atoms with van der Waals surface area (Å²) in [6.07, 6.45) is 4.11. The largest absolute Gasteiger partial charge is 0.482 e. The van der Waals surface area contributed by atoms with E-state index >= 15 is 0 Å². The van der Waals surface area contributed by atoms with Crippen LogP contribution in [0.15, 0.2) is 29.3 Å². The van der Waals surface area contributed by atoms with Crippen molar-refractivity contribution in [2.45, 2.75) is 31.8 Å².